The summed E-state index contributed by atoms with van der Waals surface area (Å²) in [5, 5.41) is 2.18. The van der Waals surface area contributed by atoms with E-state index in [2.05, 4.69) is 47.9 Å². The van der Waals surface area contributed by atoms with Crippen molar-refractivity contribution in [1.29, 1.82) is 0 Å². The molecule has 180 valence electrons. The van der Waals surface area contributed by atoms with E-state index in [1.165, 1.54) is 0 Å². The first-order valence-electron chi connectivity index (χ1n) is 11.2. The van der Waals surface area contributed by atoms with E-state index in [0.29, 0.717) is 28.7 Å². The van der Waals surface area contributed by atoms with Gasteiger partial charge in [-0.3, -0.25) is 0 Å². The van der Waals surface area contributed by atoms with Crippen molar-refractivity contribution >= 4 is 10.8 Å². The maximum atomic E-state index is 5.42. The Bertz CT molecular complexity index is 1500. The third-order valence-electron chi connectivity index (χ3n) is 5.59. The zero-order valence-electron chi connectivity index (χ0n) is 20.9. The van der Waals surface area contributed by atoms with Gasteiger partial charge in [0.15, 0.2) is 23.0 Å². The minimum Gasteiger partial charge on any atom is -0.493 e. The third kappa shape index (κ3) is 5.32. The summed E-state index contributed by atoms with van der Waals surface area (Å²) in [5.74, 6) is 15.9. The Morgan fingerprint density at radius 2 is 0.833 bits per heavy atom. The van der Waals surface area contributed by atoms with Gasteiger partial charge in [-0.1, -0.05) is 35.8 Å². The zero-order valence-corrected chi connectivity index (χ0v) is 20.9. The van der Waals surface area contributed by atoms with Crippen LogP contribution in [0.3, 0.4) is 0 Å². The Kier molecular flexibility index (Phi) is 7.54. The summed E-state index contributed by atoms with van der Waals surface area (Å²) in [6.07, 6.45) is 0. The molecule has 0 radical (unpaired) electrons. The second-order valence-corrected chi connectivity index (χ2v) is 7.76. The Balaban J connectivity index is 1.63. The summed E-state index contributed by atoms with van der Waals surface area (Å²) < 4.78 is 26.9. The summed E-state index contributed by atoms with van der Waals surface area (Å²) in [6, 6.07) is 21.5. The Morgan fingerprint density at radius 3 is 1.33 bits per heavy atom. The van der Waals surface area contributed by atoms with Gasteiger partial charge in [-0.05, 0) is 65.4 Å². The van der Waals surface area contributed by atoms with Crippen LogP contribution in [0.5, 0.6) is 28.7 Å². The molecule has 0 bridgehead atoms. The van der Waals surface area contributed by atoms with Gasteiger partial charge in [0.1, 0.15) is 0 Å². The standard InChI is InChI=1S/C31H26O5/c1-32-27-15-12-23(18-28(27)33-2)7-6-21-10-13-25-14-11-22(17-26(25)16-21)8-9-24-19-29(34-3)31(36-5)30(20-24)35-4/h10-20H,1-5H3. The predicted molar refractivity (Wildman–Crippen MR) is 142 cm³/mol. The molecule has 0 spiro atoms. The van der Waals surface area contributed by atoms with E-state index in [4.69, 9.17) is 23.7 Å². The Morgan fingerprint density at radius 1 is 0.389 bits per heavy atom. The van der Waals surface area contributed by atoms with Gasteiger partial charge in [0, 0.05) is 22.3 Å². The highest BCUT2D eigenvalue weighted by molar-refractivity contribution is 5.85. The van der Waals surface area contributed by atoms with E-state index >= 15 is 0 Å². The van der Waals surface area contributed by atoms with Crippen molar-refractivity contribution in [2.45, 2.75) is 0 Å². The minimum atomic E-state index is 0.540. The van der Waals surface area contributed by atoms with E-state index < -0.39 is 0 Å². The lowest BCUT2D eigenvalue weighted by atomic mass is 10.0. The van der Waals surface area contributed by atoms with Gasteiger partial charge >= 0.3 is 0 Å². The van der Waals surface area contributed by atoms with Crippen LogP contribution in [0.4, 0.5) is 0 Å². The average Bonchev–Trinajstić information content (AvgIpc) is 2.93. The molecular formula is C31H26O5. The summed E-state index contributed by atoms with van der Waals surface area (Å²) >= 11 is 0. The number of hydrogen-bond acceptors (Lipinski definition) is 5. The number of ether oxygens (including phenoxy) is 5. The van der Waals surface area contributed by atoms with Crippen LogP contribution in [0.15, 0.2) is 66.7 Å². The first kappa shape index (κ1) is 24.4. The zero-order chi connectivity index (χ0) is 25.5. The fourth-order valence-corrected chi connectivity index (χ4v) is 3.76. The van der Waals surface area contributed by atoms with Crippen LogP contribution in [0.25, 0.3) is 10.8 Å². The molecule has 0 aliphatic heterocycles. The fourth-order valence-electron chi connectivity index (χ4n) is 3.76. The molecule has 0 saturated heterocycles. The average molecular weight is 479 g/mol. The molecule has 4 aromatic carbocycles. The molecular weight excluding hydrogens is 452 g/mol. The fraction of sp³-hybridized carbons (Fsp3) is 0.161. The molecule has 0 aliphatic rings. The van der Waals surface area contributed by atoms with Crippen molar-refractivity contribution < 1.29 is 23.7 Å². The van der Waals surface area contributed by atoms with Gasteiger partial charge in [0.2, 0.25) is 5.75 Å². The van der Waals surface area contributed by atoms with Gasteiger partial charge < -0.3 is 23.7 Å². The monoisotopic (exact) mass is 478 g/mol. The second-order valence-electron chi connectivity index (χ2n) is 7.76. The topological polar surface area (TPSA) is 46.2 Å². The highest BCUT2D eigenvalue weighted by atomic mass is 16.5. The summed E-state index contributed by atoms with van der Waals surface area (Å²) in [7, 11) is 7.97. The molecule has 4 rings (SSSR count). The molecule has 0 N–H and O–H groups in total. The number of hydrogen-bond donors (Lipinski definition) is 0. The van der Waals surface area contributed by atoms with Crippen LogP contribution < -0.4 is 23.7 Å². The third-order valence-corrected chi connectivity index (χ3v) is 5.59. The van der Waals surface area contributed by atoms with Gasteiger partial charge in [-0.25, -0.2) is 0 Å². The van der Waals surface area contributed by atoms with Crippen LogP contribution in [0.1, 0.15) is 22.3 Å². The molecule has 0 atom stereocenters. The first-order chi connectivity index (χ1) is 17.6. The van der Waals surface area contributed by atoms with Gasteiger partial charge in [-0.2, -0.15) is 0 Å². The molecule has 0 saturated carbocycles. The first-order valence-corrected chi connectivity index (χ1v) is 11.2. The van der Waals surface area contributed by atoms with Crippen molar-refractivity contribution in [1.82, 2.24) is 0 Å². The lowest BCUT2D eigenvalue weighted by molar-refractivity contribution is 0.324. The second kappa shape index (κ2) is 11.1. The number of fused-ring (bicyclic) bond motifs is 1. The van der Waals surface area contributed by atoms with Crippen LogP contribution >= 0.6 is 0 Å². The maximum absolute atomic E-state index is 5.42. The van der Waals surface area contributed by atoms with E-state index in [0.717, 1.165) is 33.0 Å². The lowest BCUT2D eigenvalue weighted by Gasteiger charge is -2.12. The van der Waals surface area contributed by atoms with Crippen LogP contribution in [0, 0.1) is 23.7 Å². The SMILES string of the molecule is COc1ccc(C#Cc2ccc3ccc(C#Cc4cc(OC)c(OC)c(OC)c4)cc3c2)cc1OC. The van der Waals surface area contributed by atoms with Crippen molar-refractivity contribution in [3.63, 3.8) is 0 Å². The number of methoxy groups -OCH3 is 5. The van der Waals surface area contributed by atoms with Gasteiger partial charge in [0.25, 0.3) is 0 Å². The molecule has 0 heterocycles. The van der Waals surface area contributed by atoms with E-state index in [9.17, 15) is 0 Å². The quantitative estimate of drug-likeness (QED) is 0.345. The van der Waals surface area contributed by atoms with Crippen molar-refractivity contribution in [2.24, 2.45) is 0 Å². The Hall–Kier alpha value is -4.74. The van der Waals surface area contributed by atoms with Crippen LogP contribution in [-0.4, -0.2) is 35.5 Å². The molecule has 0 aromatic heterocycles. The largest absolute Gasteiger partial charge is 0.493 e. The van der Waals surface area contributed by atoms with Crippen LogP contribution in [-0.2, 0) is 0 Å². The van der Waals surface area contributed by atoms with Crippen molar-refractivity contribution in [2.75, 3.05) is 35.5 Å². The number of rotatable bonds is 5. The van der Waals surface area contributed by atoms with E-state index in [1.807, 2.05) is 42.5 Å². The minimum absolute atomic E-state index is 0.540. The molecule has 5 heteroatoms. The smallest absolute Gasteiger partial charge is 0.203 e. The lowest BCUT2D eigenvalue weighted by Crippen LogP contribution is -1.95. The van der Waals surface area contributed by atoms with Gasteiger partial charge in [0.05, 0.1) is 35.5 Å². The van der Waals surface area contributed by atoms with E-state index in [1.54, 1.807) is 35.5 Å². The number of benzene rings is 4. The molecule has 36 heavy (non-hydrogen) atoms. The highest BCUT2D eigenvalue weighted by Gasteiger charge is 2.12. The van der Waals surface area contributed by atoms with E-state index in [-0.39, 0.29) is 0 Å². The highest BCUT2D eigenvalue weighted by Crippen LogP contribution is 2.38. The molecule has 0 aliphatic carbocycles. The van der Waals surface area contributed by atoms with Crippen molar-refractivity contribution in [3.05, 3.63) is 89.0 Å². The predicted octanol–water partition coefficient (Wildman–Crippen LogP) is 5.68. The van der Waals surface area contributed by atoms with Gasteiger partial charge in [-0.15, -0.1) is 0 Å². The summed E-state index contributed by atoms with van der Waals surface area (Å²) in [6.45, 7) is 0. The molecule has 0 fully saturated rings. The molecule has 4 aromatic rings. The van der Waals surface area contributed by atoms with Crippen LogP contribution in [0.2, 0.25) is 0 Å². The summed E-state index contributed by atoms with van der Waals surface area (Å²) in [4.78, 5) is 0. The normalized spacial score (nSPS) is 9.92. The maximum Gasteiger partial charge on any atom is 0.203 e. The van der Waals surface area contributed by atoms with Crippen molar-refractivity contribution in [3.8, 4) is 52.4 Å². The molecule has 0 unspecified atom stereocenters. The summed E-state index contributed by atoms with van der Waals surface area (Å²) in [5.41, 5.74) is 3.41. The molecule has 5 nitrogen and oxygen atoms in total. The molecule has 0 amide bonds. The Labute approximate surface area is 211 Å².